The number of aromatic nitrogens is 3. The Morgan fingerprint density at radius 2 is 1.94 bits per heavy atom. The lowest BCUT2D eigenvalue weighted by molar-refractivity contribution is 0.0974. The maximum atomic E-state index is 15.0. The molecule has 190 valence electrons. The molecule has 1 saturated heterocycles. The number of benzene rings is 2. The largest absolute Gasteiger partial charge is 0.330 e. The van der Waals surface area contributed by atoms with Crippen molar-refractivity contribution in [1.82, 2.24) is 24.2 Å². The number of anilines is 1. The molecule has 3 heterocycles. The maximum absolute atomic E-state index is 15.0. The van der Waals surface area contributed by atoms with Gasteiger partial charge in [0, 0.05) is 29.4 Å². The van der Waals surface area contributed by atoms with Crippen LogP contribution in [0.4, 0.5) is 14.5 Å². The summed E-state index contributed by atoms with van der Waals surface area (Å²) in [6.07, 6.45) is 2.20. The molecule has 5 rings (SSSR count). The fraction of sp³-hybridized carbons (Fsp3) is 0.238. The van der Waals surface area contributed by atoms with E-state index < -0.39 is 37.8 Å². The van der Waals surface area contributed by atoms with Crippen LogP contribution >= 0.6 is 0 Å². The Bertz CT molecular complexity index is 1780. The highest BCUT2D eigenvalue weighted by Gasteiger charge is 2.36. The number of aryl methyl sites for hydroxylation is 1. The number of carbonyl (C=O) groups excluding carboxylic acids is 1. The van der Waals surface area contributed by atoms with Gasteiger partial charge in [0.15, 0.2) is 0 Å². The van der Waals surface area contributed by atoms with Crippen LogP contribution in [-0.4, -0.2) is 56.9 Å². The molecule has 4 aromatic rings. The molecule has 1 fully saturated rings. The van der Waals surface area contributed by atoms with Crippen LogP contribution in [-0.2, 0) is 26.8 Å². The van der Waals surface area contributed by atoms with Crippen molar-refractivity contribution < 1.29 is 30.4 Å². The molecule has 0 spiro atoms. The van der Waals surface area contributed by atoms with E-state index in [9.17, 15) is 26.0 Å². The third-order valence-corrected chi connectivity index (χ3v) is 7.96. The Morgan fingerprint density at radius 1 is 1.19 bits per heavy atom. The Labute approximate surface area is 204 Å². The van der Waals surface area contributed by atoms with Gasteiger partial charge in [0.25, 0.3) is 5.91 Å². The first-order valence-corrected chi connectivity index (χ1v) is 13.9. The number of nitrogens with zero attached hydrogens (tertiary/aromatic N) is 3. The first-order chi connectivity index (χ1) is 16.9. The Hall–Kier alpha value is -3.56. The van der Waals surface area contributed by atoms with Crippen molar-refractivity contribution in [3.8, 4) is 0 Å². The molecule has 0 aliphatic carbocycles. The molecule has 1 aliphatic heterocycles. The summed E-state index contributed by atoms with van der Waals surface area (Å²) in [6, 6.07) is 5.17. The summed E-state index contributed by atoms with van der Waals surface area (Å²) < 4.78 is 85.4. The van der Waals surface area contributed by atoms with Crippen molar-refractivity contribution >= 4 is 53.6 Å². The average Bonchev–Trinajstić information content (AvgIpc) is 3.43. The molecular formula is C21H20F2N6O5S2. The predicted molar refractivity (Wildman–Crippen MR) is 128 cm³/mol. The van der Waals surface area contributed by atoms with Gasteiger partial charge in [-0.15, -0.1) is 0 Å². The van der Waals surface area contributed by atoms with E-state index in [1.54, 1.807) is 0 Å². The SMILES string of the molecule is Cc1cc2c(N3CCNS3(=O)=O)c(C(=O)NS(C)(=O)=O)n(Cc3cc4[nH]ncc4cc3F)c2cc1F. The third-order valence-electron chi connectivity index (χ3n) is 5.88. The highest BCUT2D eigenvalue weighted by atomic mass is 32.2. The third kappa shape index (κ3) is 4.08. The number of nitrogens with one attached hydrogen (secondary N) is 3. The van der Waals surface area contributed by atoms with Crippen molar-refractivity contribution in [1.29, 1.82) is 0 Å². The highest BCUT2D eigenvalue weighted by molar-refractivity contribution is 7.91. The number of sulfonamides is 1. The number of halogens is 2. The van der Waals surface area contributed by atoms with E-state index in [1.807, 2.05) is 4.72 Å². The normalized spacial score (nSPS) is 15.7. The minimum absolute atomic E-state index is 0.0352. The van der Waals surface area contributed by atoms with E-state index in [2.05, 4.69) is 14.9 Å². The Morgan fingerprint density at radius 3 is 2.61 bits per heavy atom. The van der Waals surface area contributed by atoms with E-state index in [0.29, 0.717) is 10.9 Å². The van der Waals surface area contributed by atoms with E-state index in [1.165, 1.54) is 35.9 Å². The number of hydrogen-bond acceptors (Lipinski definition) is 6. The zero-order chi connectivity index (χ0) is 26.0. The second-order valence-electron chi connectivity index (χ2n) is 8.48. The molecule has 0 atom stereocenters. The van der Waals surface area contributed by atoms with Crippen LogP contribution in [0.3, 0.4) is 0 Å². The molecular weight excluding hydrogens is 518 g/mol. The second kappa shape index (κ2) is 8.25. The van der Waals surface area contributed by atoms with Gasteiger partial charge < -0.3 is 4.57 Å². The molecule has 2 aromatic carbocycles. The fourth-order valence-corrected chi connectivity index (χ4v) is 6.02. The van der Waals surface area contributed by atoms with Gasteiger partial charge in [-0.2, -0.15) is 18.2 Å². The standard InChI is InChI=1S/C21H20F2N6O5S2/c1-11-5-14-18(8-15(11)22)28(10-13-7-17-12(6-16(13)23)9-24-26-17)20(21(30)27-35(2,31)32)19(14)29-4-3-25-36(29,33)34/h5-9,25H,3-4,10H2,1-2H3,(H,24,26)(H,27,30). The van der Waals surface area contributed by atoms with Crippen LogP contribution < -0.4 is 13.7 Å². The number of carbonyl (C=O) groups is 1. The van der Waals surface area contributed by atoms with Crippen LogP contribution in [0, 0.1) is 18.6 Å². The van der Waals surface area contributed by atoms with Crippen LogP contribution in [0.2, 0.25) is 0 Å². The smallest absolute Gasteiger partial charge is 0.301 e. The average molecular weight is 539 g/mol. The predicted octanol–water partition coefficient (Wildman–Crippen LogP) is 1.50. The maximum Gasteiger partial charge on any atom is 0.301 e. The number of rotatable bonds is 5. The number of H-pyrrole nitrogens is 1. The molecule has 36 heavy (non-hydrogen) atoms. The lowest BCUT2D eigenvalue weighted by Gasteiger charge is -2.18. The molecule has 0 saturated carbocycles. The minimum atomic E-state index is -4.08. The molecule has 11 nitrogen and oxygen atoms in total. The van der Waals surface area contributed by atoms with Crippen LogP contribution in [0.15, 0.2) is 30.5 Å². The van der Waals surface area contributed by atoms with Crippen molar-refractivity contribution in [2.45, 2.75) is 13.5 Å². The summed E-state index contributed by atoms with van der Waals surface area (Å²) in [5, 5.41) is 7.26. The van der Waals surface area contributed by atoms with Crippen LogP contribution in [0.1, 0.15) is 21.6 Å². The number of amides is 1. The zero-order valence-electron chi connectivity index (χ0n) is 19.0. The summed E-state index contributed by atoms with van der Waals surface area (Å²) in [5.41, 5.74) is 0.313. The van der Waals surface area contributed by atoms with Gasteiger partial charge in [0.1, 0.15) is 17.3 Å². The van der Waals surface area contributed by atoms with Crippen LogP contribution in [0.5, 0.6) is 0 Å². The van der Waals surface area contributed by atoms with E-state index in [0.717, 1.165) is 16.6 Å². The van der Waals surface area contributed by atoms with Crippen molar-refractivity contribution in [3.05, 3.63) is 58.9 Å². The van der Waals surface area contributed by atoms with E-state index in [-0.39, 0.29) is 53.0 Å². The van der Waals surface area contributed by atoms with Gasteiger partial charge >= 0.3 is 10.2 Å². The topological polar surface area (TPSA) is 146 Å². The first kappa shape index (κ1) is 24.1. The quantitative estimate of drug-likeness (QED) is 0.351. The second-order valence-corrected chi connectivity index (χ2v) is 11.9. The molecule has 1 amide bonds. The highest BCUT2D eigenvalue weighted by Crippen LogP contribution is 2.38. The molecule has 0 radical (unpaired) electrons. The van der Waals surface area contributed by atoms with Gasteiger partial charge in [-0.3, -0.25) is 14.2 Å². The van der Waals surface area contributed by atoms with E-state index >= 15 is 4.39 Å². The summed E-state index contributed by atoms with van der Waals surface area (Å²) in [4.78, 5) is 13.3. The van der Waals surface area contributed by atoms with Gasteiger partial charge in [0.2, 0.25) is 10.0 Å². The number of hydrogen-bond donors (Lipinski definition) is 3. The number of aromatic amines is 1. The lowest BCUT2D eigenvalue weighted by atomic mass is 10.1. The lowest BCUT2D eigenvalue weighted by Crippen LogP contribution is -2.35. The Kier molecular flexibility index (Phi) is 5.53. The van der Waals surface area contributed by atoms with Gasteiger partial charge in [0.05, 0.1) is 35.7 Å². The van der Waals surface area contributed by atoms with Gasteiger partial charge in [-0.25, -0.2) is 21.9 Å². The van der Waals surface area contributed by atoms with Gasteiger partial charge in [-0.1, -0.05) is 0 Å². The number of fused-ring (bicyclic) bond motifs is 2. The Balaban J connectivity index is 1.84. The summed E-state index contributed by atoms with van der Waals surface area (Å²) >= 11 is 0. The molecule has 1 aliphatic rings. The fourth-order valence-electron chi connectivity index (χ4n) is 4.33. The molecule has 3 N–H and O–H groups in total. The molecule has 2 aromatic heterocycles. The summed E-state index contributed by atoms with van der Waals surface area (Å²) in [6.45, 7) is 1.10. The molecule has 0 bridgehead atoms. The van der Waals surface area contributed by atoms with Crippen molar-refractivity contribution in [3.63, 3.8) is 0 Å². The van der Waals surface area contributed by atoms with E-state index in [4.69, 9.17) is 0 Å². The molecule has 15 heteroatoms. The summed E-state index contributed by atoms with van der Waals surface area (Å²) in [7, 11) is -8.16. The first-order valence-electron chi connectivity index (χ1n) is 10.6. The minimum Gasteiger partial charge on any atom is -0.330 e. The molecule has 0 unspecified atom stereocenters. The monoisotopic (exact) mass is 538 g/mol. The van der Waals surface area contributed by atoms with Crippen molar-refractivity contribution in [2.75, 3.05) is 23.7 Å². The van der Waals surface area contributed by atoms with Crippen LogP contribution in [0.25, 0.3) is 21.8 Å². The zero-order valence-corrected chi connectivity index (χ0v) is 20.6. The van der Waals surface area contributed by atoms with Crippen molar-refractivity contribution in [2.24, 2.45) is 0 Å². The van der Waals surface area contributed by atoms with Gasteiger partial charge in [-0.05, 0) is 36.8 Å². The summed E-state index contributed by atoms with van der Waals surface area (Å²) in [5.74, 6) is -2.44.